The Kier molecular flexibility index (Phi) is 7.39. The number of nitrogens with zero attached hydrogens (tertiary/aromatic N) is 4. The molecule has 1 aromatic carbocycles. The number of carbonyl (C=O) groups is 1. The topological polar surface area (TPSA) is 89.5 Å². The second kappa shape index (κ2) is 11.0. The maximum Gasteiger partial charge on any atom is 0.253 e. The van der Waals surface area contributed by atoms with E-state index in [0.717, 1.165) is 37.5 Å². The van der Waals surface area contributed by atoms with Crippen LogP contribution in [0.3, 0.4) is 0 Å². The van der Waals surface area contributed by atoms with Crippen LogP contribution < -0.4 is 15.0 Å². The van der Waals surface area contributed by atoms with E-state index in [9.17, 15) is 4.79 Å². The lowest BCUT2D eigenvalue weighted by Gasteiger charge is -2.23. The third-order valence-corrected chi connectivity index (χ3v) is 6.47. The van der Waals surface area contributed by atoms with Crippen molar-refractivity contribution >= 4 is 23.3 Å². The molecule has 8 nitrogen and oxygen atoms in total. The zero-order valence-corrected chi connectivity index (χ0v) is 20.2. The predicted octanol–water partition coefficient (Wildman–Crippen LogP) is 4.14. The summed E-state index contributed by atoms with van der Waals surface area (Å²) in [6.07, 6.45) is 6.65. The minimum absolute atomic E-state index is 0.242. The lowest BCUT2D eigenvalue weighted by molar-refractivity contribution is 0.0951. The third kappa shape index (κ3) is 5.89. The Balaban J connectivity index is 1.31. The Morgan fingerprint density at radius 3 is 2.94 bits per heavy atom. The highest BCUT2D eigenvalue weighted by molar-refractivity contribution is 6.32. The molecular weight excluding hydrogens is 466 g/mol. The number of anilines is 1. The van der Waals surface area contributed by atoms with Crippen LogP contribution in [0.1, 0.15) is 35.2 Å². The van der Waals surface area contributed by atoms with Gasteiger partial charge in [-0.2, -0.15) is 5.10 Å². The number of aromatic nitrogens is 3. The summed E-state index contributed by atoms with van der Waals surface area (Å²) in [5, 5.41) is 11.7. The van der Waals surface area contributed by atoms with Gasteiger partial charge in [-0.3, -0.25) is 4.79 Å². The maximum atomic E-state index is 13.2. The Bertz CT molecular complexity index is 1180. The molecular formula is C26H28ClN5O3. The van der Waals surface area contributed by atoms with Gasteiger partial charge in [-0.25, -0.2) is 4.98 Å². The van der Waals surface area contributed by atoms with Crippen LogP contribution in [0.2, 0.25) is 5.02 Å². The molecule has 3 aromatic rings. The van der Waals surface area contributed by atoms with Crippen LogP contribution in [0, 0.1) is 5.92 Å². The number of benzene rings is 1. The van der Waals surface area contributed by atoms with E-state index in [4.69, 9.17) is 21.1 Å². The van der Waals surface area contributed by atoms with Gasteiger partial charge < -0.3 is 19.7 Å². The molecule has 2 aliphatic rings. The van der Waals surface area contributed by atoms with E-state index in [-0.39, 0.29) is 5.91 Å². The molecule has 2 aromatic heterocycles. The number of nitrogens with one attached hydrogen (secondary N) is 1. The molecule has 1 aliphatic heterocycles. The molecule has 1 amide bonds. The van der Waals surface area contributed by atoms with E-state index >= 15 is 0 Å². The van der Waals surface area contributed by atoms with Gasteiger partial charge in [0.1, 0.15) is 17.3 Å². The van der Waals surface area contributed by atoms with Gasteiger partial charge in [0.05, 0.1) is 30.0 Å². The van der Waals surface area contributed by atoms with Gasteiger partial charge in [0.25, 0.3) is 5.91 Å². The fraction of sp³-hybridized carbons (Fsp3) is 0.385. The SMILES string of the molecule is O=C(NCc1cccnc1N1CCCOCC1)c1ccnnc1-c1ccc(OCC2CC2)c(Cl)c1. The zero-order chi connectivity index (χ0) is 24.0. The number of carbonyl (C=O) groups excluding carboxylic acids is 1. The number of hydrogen-bond acceptors (Lipinski definition) is 7. The first-order valence-electron chi connectivity index (χ1n) is 12.0. The van der Waals surface area contributed by atoms with Gasteiger partial charge in [0.15, 0.2) is 0 Å². The molecule has 0 atom stereocenters. The summed E-state index contributed by atoms with van der Waals surface area (Å²) in [6, 6.07) is 11.0. The van der Waals surface area contributed by atoms with Crippen LogP contribution in [-0.2, 0) is 11.3 Å². The van der Waals surface area contributed by atoms with Gasteiger partial charge in [0.2, 0.25) is 0 Å². The quantitative estimate of drug-likeness (QED) is 0.504. The van der Waals surface area contributed by atoms with Crippen molar-refractivity contribution in [1.82, 2.24) is 20.5 Å². The summed E-state index contributed by atoms with van der Waals surface area (Å²) in [7, 11) is 0. The monoisotopic (exact) mass is 493 g/mol. The average Bonchev–Trinajstić information content (AvgIpc) is 3.74. The summed E-state index contributed by atoms with van der Waals surface area (Å²) in [6.45, 7) is 4.09. The van der Waals surface area contributed by atoms with E-state index in [0.29, 0.717) is 53.3 Å². The van der Waals surface area contributed by atoms with Crippen molar-refractivity contribution in [3.63, 3.8) is 0 Å². The lowest BCUT2D eigenvalue weighted by atomic mass is 10.1. The first-order valence-corrected chi connectivity index (χ1v) is 12.4. The molecule has 0 unspecified atom stereocenters. The zero-order valence-electron chi connectivity index (χ0n) is 19.5. The molecule has 9 heteroatoms. The highest BCUT2D eigenvalue weighted by Crippen LogP contribution is 2.34. The molecule has 1 saturated heterocycles. The Hall–Kier alpha value is -3.23. The van der Waals surface area contributed by atoms with E-state index < -0.39 is 0 Å². The summed E-state index contributed by atoms with van der Waals surface area (Å²) in [5.41, 5.74) is 2.55. The number of amides is 1. The molecule has 0 bridgehead atoms. The molecule has 1 aliphatic carbocycles. The van der Waals surface area contributed by atoms with Crippen molar-refractivity contribution < 1.29 is 14.3 Å². The van der Waals surface area contributed by atoms with E-state index in [2.05, 4.69) is 25.4 Å². The van der Waals surface area contributed by atoms with Gasteiger partial charge in [-0.05, 0) is 55.5 Å². The Labute approximate surface area is 209 Å². The third-order valence-electron chi connectivity index (χ3n) is 6.17. The molecule has 1 saturated carbocycles. The first kappa shape index (κ1) is 23.5. The second-order valence-electron chi connectivity index (χ2n) is 8.81. The van der Waals surface area contributed by atoms with Crippen LogP contribution in [0.5, 0.6) is 5.75 Å². The summed E-state index contributed by atoms with van der Waals surface area (Å²) >= 11 is 6.46. The van der Waals surface area contributed by atoms with Crippen LogP contribution in [-0.4, -0.2) is 54.0 Å². The van der Waals surface area contributed by atoms with Crippen LogP contribution in [0.15, 0.2) is 48.8 Å². The molecule has 1 N–H and O–H groups in total. The number of hydrogen-bond donors (Lipinski definition) is 1. The smallest absolute Gasteiger partial charge is 0.253 e. The summed E-state index contributed by atoms with van der Waals surface area (Å²) < 4.78 is 11.4. The molecule has 0 spiro atoms. The van der Waals surface area contributed by atoms with Gasteiger partial charge in [0, 0.05) is 43.6 Å². The van der Waals surface area contributed by atoms with Crippen molar-refractivity contribution in [1.29, 1.82) is 0 Å². The van der Waals surface area contributed by atoms with Crippen molar-refractivity contribution in [3.8, 4) is 17.0 Å². The Morgan fingerprint density at radius 1 is 1.17 bits per heavy atom. The van der Waals surface area contributed by atoms with Crippen LogP contribution in [0.4, 0.5) is 5.82 Å². The standard InChI is InChI=1S/C26H28ClN5O3/c27-22-15-19(6-7-23(22)35-17-18-4-5-18)24-21(8-10-30-31-24)26(33)29-16-20-3-1-9-28-25(20)32-11-2-13-34-14-12-32/h1,3,6-10,15,18H,2,4-5,11-14,16-17H2,(H,29,33). The minimum atomic E-state index is -0.242. The minimum Gasteiger partial charge on any atom is -0.492 e. The first-order chi connectivity index (χ1) is 17.2. The number of rotatable bonds is 8. The molecule has 3 heterocycles. The fourth-order valence-corrected chi connectivity index (χ4v) is 4.30. The van der Waals surface area contributed by atoms with Crippen molar-refractivity contribution in [2.75, 3.05) is 37.8 Å². The summed E-state index contributed by atoms with van der Waals surface area (Å²) in [5.74, 6) is 1.91. The van der Waals surface area contributed by atoms with E-state index in [1.807, 2.05) is 24.3 Å². The van der Waals surface area contributed by atoms with Crippen molar-refractivity contribution in [2.45, 2.75) is 25.8 Å². The number of pyridine rings is 1. The van der Waals surface area contributed by atoms with Crippen molar-refractivity contribution in [3.05, 3.63) is 64.9 Å². The predicted molar refractivity (Wildman–Crippen MR) is 134 cm³/mol. The Morgan fingerprint density at radius 2 is 2.09 bits per heavy atom. The number of halogens is 1. The van der Waals surface area contributed by atoms with Crippen LogP contribution >= 0.6 is 11.6 Å². The average molecular weight is 494 g/mol. The number of ether oxygens (including phenoxy) is 2. The normalized spacial score (nSPS) is 16.0. The van der Waals surface area contributed by atoms with Crippen molar-refractivity contribution in [2.24, 2.45) is 5.92 Å². The van der Waals surface area contributed by atoms with E-state index in [1.165, 1.54) is 19.0 Å². The molecule has 182 valence electrons. The summed E-state index contributed by atoms with van der Waals surface area (Å²) in [4.78, 5) is 20.0. The maximum absolute atomic E-state index is 13.2. The lowest BCUT2D eigenvalue weighted by Crippen LogP contribution is -2.30. The molecule has 2 fully saturated rings. The van der Waals surface area contributed by atoms with Gasteiger partial charge in [-0.15, -0.1) is 5.10 Å². The highest BCUT2D eigenvalue weighted by Gasteiger charge is 2.23. The second-order valence-corrected chi connectivity index (χ2v) is 9.22. The largest absolute Gasteiger partial charge is 0.492 e. The highest BCUT2D eigenvalue weighted by atomic mass is 35.5. The molecule has 5 rings (SSSR count). The molecule has 0 radical (unpaired) electrons. The van der Waals surface area contributed by atoms with Crippen LogP contribution in [0.25, 0.3) is 11.3 Å². The van der Waals surface area contributed by atoms with Gasteiger partial charge >= 0.3 is 0 Å². The van der Waals surface area contributed by atoms with Gasteiger partial charge in [-0.1, -0.05) is 17.7 Å². The molecule has 35 heavy (non-hydrogen) atoms. The fourth-order valence-electron chi connectivity index (χ4n) is 4.07. The van der Waals surface area contributed by atoms with E-state index in [1.54, 1.807) is 18.3 Å².